The van der Waals surface area contributed by atoms with E-state index in [4.69, 9.17) is 0 Å². The summed E-state index contributed by atoms with van der Waals surface area (Å²) < 4.78 is 0.878. The van der Waals surface area contributed by atoms with E-state index < -0.39 is 0 Å². The Labute approximate surface area is 145 Å². The van der Waals surface area contributed by atoms with Gasteiger partial charge in [-0.3, -0.25) is 9.59 Å². The first-order chi connectivity index (χ1) is 11.1. The van der Waals surface area contributed by atoms with Crippen molar-refractivity contribution in [1.29, 1.82) is 0 Å². The third-order valence-corrected chi connectivity index (χ3v) is 5.25. The molecule has 0 aromatic heterocycles. The molecule has 122 valence electrons. The van der Waals surface area contributed by atoms with Gasteiger partial charge in [-0.15, -0.1) is 0 Å². The Kier molecular flexibility index (Phi) is 5.16. The number of anilines is 1. The zero-order valence-corrected chi connectivity index (χ0v) is 14.6. The highest BCUT2D eigenvalue weighted by atomic mass is 79.9. The Morgan fingerprint density at radius 1 is 1.30 bits per heavy atom. The molecule has 0 radical (unpaired) electrons. The number of rotatable bonds is 4. The largest absolute Gasteiger partial charge is 0.356 e. The van der Waals surface area contributed by atoms with E-state index in [0.29, 0.717) is 19.0 Å². The van der Waals surface area contributed by atoms with Gasteiger partial charge in [-0.25, -0.2) is 0 Å². The summed E-state index contributed by atoms with van der Waals surface area (Å²) in [6, 6.07) is 7.62. The van der Waals surface area contributed by atoms with Crippen LogP contribution in [0, 0.1) is 11.8 Å². The van der Waals surface area contributed by atoms with Gasteiger partial charge >= 0.3 is 0 Å². The van der Waals surface area contributed by atoms with Gasteiger partial charge in [-0.1, -0.05) is 24.3 Å². The average Bonchev–Trinajstić information content (AvgIpc) is 2.96. The molecule has 23 heavy (non-hydrogen) atoms. The second-order valence-electron chi connectivity index (χ2n) is 6.25. The Bertz CT molecular complexity index is 629. The smallest absolute Gasteiger partial charge is 0.227 e. The van der Waals surface area contributed by atoms with Gasteiger partial charge in [0.2, 0.25) is 11.8 Å². The molecule has 1 N–H and O–H groups in total. The number of para-hydroxylation sites is 1. The fraction of sp³-hybridized carbons (Fsp3) is 0.444. The van der Waals surface area contributed by atoms with Crippen LogP contribution in [0.25, 0.3) is 0 Å². The second kappa shape index (κ2) is 7.30. The first-order valence-electron chi connectivity index (χ1n) is 8.12. The minimum atomic E-state index is -0.256. The summed E-state index contributed by atoms with van der Waals surface area (Å²) >= 11 is 3.47. The number of amides is 2. The van der Waals surface area contributed by atoms with Gasteiger partial charge in [0.25, 0.3) is 0 Å². The summed E-state index contributed by atoms with van der Waals surface area (Å²) in [6.45, 7) is 1.17. The van der Waals surface area contributed by atoms with E-state index in [-0.39, 0.29) is 24.2 Å². The normalized spacial score (nSPS) is 24.0. The monoisotopic (exact) mass is 376 g/mol. The highest BCUT2D eigenvalue weighted by Gasteiger charge is 2.35. The number of carbonyl (C=O) groups excluding carboxylic acids is 2. The van der Waals surface area contributed by atoms with Crippen molar-refractivity contribution in [1.82, 2.24) is 5.32 Å². The van der Waals surface area contributed by atoms with Crippen LogP contribution in [0.3, 0.4) is 0 Å². The summed E-state index contributed by atoms with van der Waals surface area (Å²) in [6.07, 6.45) is 7.93. The minimum Gasteiger partial charge on any atom is -0.356 e. The van der Waals surface area contributed by atoms with E-state index in [9.17, 15) is 9.59 Å². The number of carbonyl (C=O) groups is 2. The molecule has 1 saturated heterocycles. The van der Waals surface area contributed by atoms with Crippen LogP contribution in [0.5, 0.6) is 0 Å². The van der Waals surface area contributed by atoms with Crippen LogP contribution >= 0.6 is 15.9 Å². The van der Waals surface area contributed by atoms with Crippen molar-refractivity contribution in [3.8, 4) is 0 Å². The molecule has 4 nitrogen and oxygen atoms in total. The summed E-state index contributed by atoms with van der Waals surface area (Å²) in [7, 11) is 0. The third kappa shape index (κ3) is 3.83. The van der Waals surface area contributed by atoms with Gasteiger partial charge in [0.1, 0.15) is 0 Å². The SMILES string of the molecule is O=C(NC[C@@H]1CC=CCC1)[C@H]1CC(=O)N(c2ccccc2Br)C1. The van der Waals surface area contributed by atoms with Crippen molar-refractivity contribution in [2.45, 2.75) is 25.7 Å². The van der Waals surface area contributed by atoms with Crippen LogP contribution in [-0.4, -0.2) is 24.9 Å². The number of allylic oxidation sites excluding steroid dienone is 2. The first kappa shape index (κ1) is 16.2. The quantitative estimate of drug-likeness (QED) is 0.819. The number of hydrogen-bond acceptors (Lipinski definition) is 2. The van der Waals surface area contributed by atoms with Crippen molar-refractivity contribution in [2.75, 3.05) is 18.0 Å². The molecule has 0 saturated carbocycles. The maximum Gasteiger partial charge on any atom is 0.227 e. The van der Waals surface area contributed by atoms with Crippen LogP contribution in [0.1, 0.15) is 25.7 Å². The number of hydrogen-bond donors (Lipinski definition) is 1. The highest BCUT2D eigenvalue weighted by molar-refractivity contribution is 9.10. The van der Waals surface area contributed by atoms with Crippen molar-refractivity contribution < 1.29 is 9.59 Å². The van der Waals surface area contributed by atoms with E-state index in [1.807, 2.05) is 24.3 Å². The van der Waals surface area contributed by atoms with Crippen molar-refractivity contribution in [2.24, 2.45) is 11.8 Å². The number of halogens is 1. The van der Waals surface area contributed by atoms with Gasteiger partial charge in [-0.2, -0.15) is 0 Å². The molecule has 1 aromatic rings. The Balaban J connectivity index is 1.57. The number of benzene rings is 1. The molecular formula is C18H21BrN2O2. The van der Waals surface area contributed by atoms with Gasteiger partial charge in [0, 0.05) is 24.0 Å². The fourth-order valence-electron chi connectivity index (χ4n) is 3.22. The maximum absolute atomic E-state index is 12.4. The minimum absolute atomic E-state index is 0.00227. The number of nitrogens with zero attached hydrogens (tertiary/aromatic N) is 1. The molecule has 3 rings (SSSR count). The lowest BCUT2D eigenvalue weighted by Crippen LogP contribution is -2.36. The molecule has 1 fully saturated rings. The predicted molar refractivity (Wildman–Crippen MR) is 94.1 cm³/mol. The molecule has 0 spiro atoms. The van der Waals surface area contributed by atoms with Crippen LogP contribution in [0.2, 0.25) is 0 Å². The van der Waals surface area contributed by atoms with E-state index in [2.05, 4.69) is 33.4 Å². The van der Waals surface area contributed by atoms with Gasteiger partial charge in [0.15, 0.2) is 0 Å². The van der Waals surface area contributed by atoms with E-state index in [1.54, 1.807) is 4.90 Å². The standard InChI is InChI=1S/C18H21BrN2O2/c19-15-8-4-5-9-16(15)21-12-14(10-17(21)22)18(23)20-11-13-6-2-1-3-7-13/h1-2,4-5,8-9,13-14H,3,6-7,10-12H2,(H,20,23)/t13-,14+/m1/s1. The molecule has 1 aromatic carbocycles. The van der Waals surface area contributed by atoms with Crippen molar-refractivity contribution in [3.05, 3.63) is 40.9 Å². The maximum atomic E-state index is 12.4. The van der Waals surface area contributed by atoms with Gasteiger partial charge < -0.3 is 10.2 Å². The second-order valence-corrected chi connectivity index (χ2v) is 7.11. The Hall–Kier alpha value is -1.62. The van der Waals surface area contributed by atoms with E-state index in [1.165, 1.54) is 0 Å². The van der Waals surface area contributed by atoms with Gasteiger partial charge in [-0.05, 0) is 53.2 Å². The van der Waals surface area contributed by atoms with Gasteiger partial charge in [0.05, 0.1) is 11.6 Å². The fourth-order valence-corrected chi connectivity index (χ4v) is 3.72. The molecule has 5 heteroatoms. The average molecular weight is 377 g/mol. The topological polar surface area (TPSA) is 49.4 Å². The lowest BCUT2D eigenvalue weighted by Gasteiger charge is -2.20. The predicted octanol–water partition coefficient (Wildman–Crippen LogP) is 3.27. The molecular weight excluding hydrogens is 356 g/mol. The zero-order chi connectivity index (χ0) is 16.2. The molecule has 1 heterocycles. The summed E-state index contributed by atoms with van der Waals surface area (Å²) in [5.74, 6) is 0.286. The van der Waals surface area contributed by atoms with Crippen LogP contribution < -0.4 is 10.2 Å². The third-order valence-electron chi connectivity index (χ3n) is 4.58. The summed E-state index contributed by atoms with van der Waals surface area (Å²) in [5, 5.41) is 3.04. The summed E-state index contributed by atoms with van der Waals surface area (Å²) in [5.41, 5.74) is 0.838. The molecule has 1 aliphatic heterocycles. The molecule has 2 aliphatic rings. The molecule has 2 amide bonds. The first-order valence-corrected chi connectivity index (χ1v) is 8.92. The van der Waals surface area contributed by atoms with E-state index >= 15 is 0 Å². The van der Waals surface area contributed by atoms with E-state index in [0.717, 1.165) is 29.4 Å². The Morgan fingerprint density at radius 2 is 2.13 bits per heavy atom. The number of nitrogens with one attached hydrogen (secondary N) is 1. The lowest BCUT2D eigenvalue weighted by molar-refractivity contribution is -0.126. The van der Waals surface area contributed by atoms with Crippen LogP contribution in [-0.2, 0) is 9.59 Å². The molecule has 0 unspecified atom stereocenters. The zero-order valence-electron chi connectivity index (χ0n) is 13.0. The highest BCUT2D eigenvalue weighted by Crippen LogP contribution is 2.31. The molecule has 0 bridgehead atoms. The lowest BCUT2D eigenvalue weighted by atomic mass is 9.94. The molecule has 1 aliphatic carbocycles. The van der Waals surface area contributed by atoms with Crippen molar-refractivity contribution >= 4 is 33.4 Å². The molecule has 2 atom stereocenters. The Morgan fingerprint density at radius 3 is 2.87 bits per heavy atom. The van der Waals surface area contributed by atoms with Crippen LogP contribution in [0.4, 0.5) is 5.69 Å². The van der Waals surface area contributed by atoms with Crippen LogP contribution in [0.15, 0.2) is 40.9 Å². The summed E-state index contributed by atoms with van der Waals surface area (Å²) in [4.78, 5) is 26.3. The van der Waals surface area contributed by atoms with Crippen molar-refractivity contribution in [3.63, 3.8) is 0 Å².